The first-order valence-corrected chi connectivity index (χ1v) is 4.00. The second kappa shape index (κ2) is 3.58. The number of rotatable bonds is 3. The van der Waals surface area contributed by atoms with E-state index in [4.69, 9.17) is 4.42 Å². The van der Waals surface area contributed by atoms with Crippen LogP contribution in [0.4, 0.5) is 0 Å². The molecule has 1 aromatic heterocycles. The Morgan fingerprint density at radius 3 is 2.73 bits per heavy atom. The fourth-order valence-electron chi connectivity index (χ4n) is 1.34. The molecule has 0 aromatic carbocycles. The zero-order valence-electron chi connectivity index (χ0n) is 7.35. The summed E-state index contributed by atoms with van der Waals surface area (Å²) in [6.07, 6.45) is 2.83. The van der Waals surface area contributed by atoms with Crippen molar-refractivity contribution in [3.8, 4) is 0 Å². The normalized spacial score (nSPS) is 13.4. The van der Waals surface area contributed by atoms with Gasteiger partial charge >= 0.3 is 0 Å². The van der Waals surface area contributed by atoms with Gasteiger partial charge in [0.15, 0.2) is 0 Å². The number of furan rings is 1. The van der Waals surface area contributed by atoms with Gasteiger partial charge in [-0.05, 0) is 26.5 Å². The predicted molar refractivity (Wildman–Crippen MR) is 45.5 cm³/mol. The van der Waals surface area contributed by atoms with E-state index in [-0.39, 0.29) is 0 Å². The maximum Gasteiger partial charge on any atom is 0.105 e. The van der Waals surface area contributed by atoms with Gasteiger partial charge in [0.25, 0.3) is 0 Å². The fourth-order valence-corrected chi connectivity index (χ4v) is 1.34. The van der Waals surface area contributed by atoms with Gasteiger partial charge in [0.05, 0.1) is 6.26 Å². The lowest BCUT2D eigenvalue weighted by Crippen LogP contribution is -2.15. The van der Waals surface area contributed by atoms with Crippen LogP contribution in [0.1, 0.15) is 30.7 Å². The lowest BCUT2D eigenvalue weighted by atomic mass is 10.1. The summed E-state index contributed by atoms with van der Waals surface area (Å²) in [6, 6.07) is 2.47. The summed E-state index contributed by atoms with van der Waals surface area (Å²) < 4.78 is 5.21. The summed E-state index contributed by atoms with van der Waals surface area (Å²) >= 11 is 0. The summed E-state index contributed by atoms with van der Waals surface area (Å²) in [4.78, 5) is 0. The van der Waals surface area contributed by atoms with Gasteiger partial charge < -0.3 is 9.73 Å². The molecule has 0 aliphatic rings. The first-order chi connectivity index (χ1) is 5.29. The van der Waals surface area contributed by atoms with Gasteiger partial charge in [0, 0.05) is 11.6 Å². The van der Waals surface area contributed by atoms with E-state index in [1.54, 1.807) is 6.26 Å². The zero-order valence-corrected chi connectivity index (χ0v) is 7.35. The maximum absolute atomic E-state index is 5.21. The minimum Gasteiger partial charge on any atom is -0.469 e. The topological polar surface area (TPSA) is 25.2 Å². The number of hydrogen-bond donors (Lipinski definition) is 1. The van der Waals surface area contributed by atoms with Crippen LogP contribution in [-0.4, -0.2) is 7.05 Å². The van der Waals surface area contributed by atoms with Gasteiger partial charge in [-0.1, -0.05) is 6.92 Å². The van der Waals surface area contributed by atoms with Crippen molar-refractivity contribution in [2.45, 2.75) is 26.3 Å². The molecule has 0 fully saturated rings. The highest BCUT2D eigenvalue weighted by molar-refractivity contribution is 5.19. The third-order valence-corrected chi connectivity index (χ3v) is 2.03. The van der Waals surface area contributed by atoms with Gasteiger partial charge in [-0.3, -0.25) is 0 Å². The zero-order chi connectivity index (χ0) is 8.27. The van der Waals surface area contributed by atoms with E-state index in [9.17, 15) is 0 Å². The second-order valence-corrected chi connectivity index (χ2v) is 2.68. The van der Waals surface area contributed by atoms with Crippen LogP contribution in [0.3, 0.4) is 0 Å². The van der Waals surface area contributed by atoms with Crippen molar-refractivity contribution in [3.63, 3.8) is 0 Å². The van der Waals surface area contributed by atoms with Crippen LogP contribution in [0.15, 0.2) is 16.7 Å². The summed E-state index contributed by atoms with van der Waals surface area (Å²) in [5.41, 5.74) is 1.27. The van der Waals surface area contributed by atoms with Crippen LogP contribution in [0.25, 0.3) is 0 Å². The Hall–Kier alpha value is -0.760. The molecule has 0 bridgehead atoms. The molecule has 11 heavy (non-hydrogen) atoms. The van der Waals surface area contributed by atoms with Gasteiger partial charge in [-0.15, -0.1) is 0 Å². The largest absolute Gasteiger partial charge is 0.469 e. The highest BCUT2D eigenvalue weighted by Crippen LogP contribution is 2.20. The van der Waals surface area contributed by atoms with Crippen LogP contribution >= 0.6 is 0 Å². The molecule has 1 unspecified atom stereocenters. The Labute approximate surface area is 67.6 Å². The molecule has 0 saturated heterocycles. The van der Waals surface area contributed by atoms with Gasteiger partial charge in [-0.25, -0.2) is 0 Å². The van der Waals surface area contributed by atoms with Crippen molar-refractivity contribution in [1.29, 1.82) is 0 Å². The Morgan fingerprint density at radius 1 is 1.64 bits per heavy atom. The molecule has 0 radical (unpaired) electrons. The lowest BCUT2D eigenvalue weighted by Gasteiger charge is -2.11. The number of aryl methyl sites for hydroxylation is 1. The molecule has 1 atom stereocenters. The Bertz CT molecular complexity index is 213. The smallest absolute Gasteiger partial charge is 0.105 e. The molecule has 2 nitrogen and oxygen atoms in total. The average molecular weight is 153 g/mol. The van der Waals surface area contributed by atoms with Gasteiger partial charge in [-0.2, -0.15) is 0 Å². The molecular formula is C9H15NO. The minimum absolute atomic E-state index is 0.439. The van der Waals surface area contributed by atoms with Gasteiger partial charge in [0.1, 0.15) is 5.76 Å². The SMILES string of the molecule is CCC(NC)c1ccoc1C. The van der Waals surface area contributed by atoms with Crippen molar-refractivity contribution in [3.05, 3.63) is 23.7 Å². The van der Waals surface area contributed by atoms with E-state index in [0.29, 0.717) is 6.04 Å². The molecule has 2 heteroatoms. The van der Waals surface area contributed by atoms with E-state index in [1.807, 2.05) is 20.0 Å². The third-order valence-electron chi connectivity index (χ3n) is 2.03. The van der Waals surface area contributed by atoms with Crippen molar-refractivity contribution in [2.75, 3.05) is 7.05 Å². The number of nitrogens with one attached hydrogen (secondary N) is 1. The van der Waals surface area contributed by atoms with Gasteiger partial charge in [0.2, 0.25) is 0 Å². The number of hydrogen-bond acceptors (Lipinski definition) is 2. The van der Waals surface area contributed by atoms with Crippen LogP contribution in [0.2, 0.25) is 0 Å². The molecule has 1 rings (SSSR count). The van der Waals surface area contributed by atoms with E-state index in [1.165, 1.54) is 5.56 Å². The highest BCUT2D eigenvalue weighted by Gasteiger charge is 2.10. The maximum atomic E-state index is 5.21. The van der Waals surface area contributed by atoms with Crippen molar-refractivity contribution < 1.29 is 4.42 Å². The Morgan fingerprint density at radius 2 is 2.36 bits per heavy atom. The van der Waals surface area contributed by atoms with E-state index >= 15 is 0 Å². The molecule has 62 valence electrons. The summed E-state index contributed by atoms with van der Waals surface area (Å²) in [6.45, 7) is 4.16. The van der Waals surface area contributed by atoms with Crippen molar-refractivity contribution in [2.24, 2.45) is 0 Å². The Kier molecular flexibility index (Phi) is 2.71. The molecule has 1 heterocycles. The summed E-state index contributed by atoms with van der Waals surface area (Å²) in [7, 11) is 1.97. The predicted octanol–water partition coefficient (Wildman–Crippen LogP) is 2.26. The highest BCUT2D eigenvalue weighted by atomic mass is 16.3. The molecule has 0 amide bonds. The summed E-state index contributed by atoms with van der Waals surface area (Å²) in [5.74, 6) is 1.02. The third kappa shape index (κ3) is 1.63. The van der Waals surface area contributed by atoms with Crippen LogP contribution in [-0.2, 0) is 0 Å². The van der Waals surface area contributed by atoms with E-state index in [0.717, 1.165) is 12.2 Å². The average Bonchev–Trinajstić information content (AvgIpc) is 2.40. The van der Waals surface area contributed by atoms with E-state index < -0.39 is 0 Å². The van der Waals surface area contributed by atoms with Crippen LogP contribution in [0, 0.1) is 6.92 Å². The minimum atomic E-state index is 0.439. The van der Waals surface area contributed by atoms with Crippen LogP contribution in [0.5, 0.6) is 0 Å². The monoisotopic (exact) mass is 153 g/mol. The fraction of sp³-hybridized carbons (Fsp3) is 0.556. The lowest BCUT2D eigenvalue weighted by molar-refractivity contribution is 0.508. The first-order valence-electron chi connectivity index (χ1n) is 4.00. The van der Waals surface area contributed by atoms with E-state index in [2.05, 4.69) is 12.2 Å². The first kappa shape index (κ1) is 8.34. The molecule has 0 aliphatic carbocycles. The molecule has 0 saturated carbocycles. The van der Waals surface area contributed by atoms with Crippen LogP contribution < -0.4 is 5.32 Å². The standard InChI is InChI=1S/C9H15NO/c1-4-9(10-3)8-5-6-11-7(8)2/h5-6,9-10H,4H2,1-3H3. The van der Waals surface area contributed by atoms with Crippen molar-refractivity contribution >= 4 is 0 Å². The molecular weight excluding hydrogens is 138 g/mol. The molecule has 1 aromatic rings. The molecule has 0 spiro atoms. The molecule has 0 aliphatic heterocycles. The summed E-state index contributed by atoms with van der Waals surface area (Å²) in [5, 5.41) is 3.23. The van der Waals surface area contributed by atoms with Crippen molar-refractivity contribution in [1.82, 2.24) is 5.32 Å². The quantitative estimate of drug-likeness (QED) is 0.720. The Balaban J connectivity index is 2.81. The second-order valence-electron chi connectivity index (χ2n) is 2.68. The molecule has 1 N–H and O–H groups in total.